The number of sulfone groups is 2. The van der Waals surface area contributed by atoms with E-state index in [9.17, 15) is 21.6 Å². The lowest BCUT2D eigenvalue weighted by atomic mass is 9.96. The Labute approximate surface area is 240 Å². The molecule has 2 aromatic rings. The van der Waals surface area contributed by atoms with Gasteiger partial charge < -0.3 is 9.16 Å². The highest BCUT2D eigenvalue weighted by Crippen LogP contribution is 2.65. The van der Waals surface area contributed by atoms with Crippen molar-refractivity contribution in [2.24, 2.45) is 5.41 Å². The van der Waals surface area contributed by atoms with Crippen molar-refractivity contribution in [3.05, 3.63) is 85.5 Å². The number of allylic oxidation sites excluding steroid dienone is 2. The lowest BCUT2D eigenvalue weighted by Crippen LogP contribution is -2.46. The van der Waals surface area contributed by atoms with Crippen molar-refractivity contribution in [2.45, 2.75) is 78.1 Å². The maximum absolute atomic E-state index is 13.6. The van der Waals surface area contributed by atoms with Crippen LogP contribution >= 0.6 is 0 Å². The second-order valence-electron chi connectivity index (χ2n) is 11.8. The highest BCUT2D eigenvalue weighted by Gasteiger charge is 2.73. The van der Waals surface area contributed by atoms with Crippen LogP contribution in [0.15, 0.2) is 95.3 Å². The van der Waals surface area contributed by atoms with E-state index in [0.29, 0.717) is 6.42 Å². The van der Waals surface area contributed by atoms with Gasteiger partial charge in [-0.1, -0.05) is 75.4 Å². The summed E-state index contributed by atoms with van der Waals surface area (Å²) < 4.78 is 64.5. The number of benzene rings is 2. The summed E-state index contributed by atoms with van der Waals surface area (Å²) >= 11 is 0. The third-order valence-electron chi connectivity index (χ3n) is 8.20. The predicted octanol–water partition coefficient (Wildman–Crippen LogP) is 6.11. The van der Waals surface area contributed by atoms with Crippen LogP contribution in [0.4, 0.5) is 0 Å². The number of carbonyl (C=O) groups is 1. The number of esters is 1. The maximum Gasteiger partial charge on any atom is 0.315 e. The normalized spacial score (nSPS) is 21.9. The summed E-state index contributed by atoms with van der Waals surface area (Å²) in [5.74, 6) is -0.443. The number of rotatable bonds is 12. The molecule has 10 heteroatoms. The molecule has 0 bridgehead atoms. The van der Waals surface area contributed by atoms with Crippen LogP contribution in [0, 0.1) is 5.41 Å². The number of carbonyl (C=O) groups excluding carboxylic acids is 1. The van der Waals surface area contributed by atoms with Gasteiger partial charge >= 0.3 is 5.97 Å². The first-order valence-corrected chi connectivity index (χ1v) is 19.2. The second-order valence-corrected chi connectivity index (χ2v) is 21.0. The van der Waals surface area contributed by atoms with E-state index in [-0.39, 0.29) is 27.7 Å². The van der Waals surface area contributed by atoms with Gasteiger partial charge in [-0.3, -0.25) is 4.79 Å². The van der Waals surface area contributed by atoms with E-state index < -0.39 is 49.6 Å². The van der Waals surface area contributed by atoms with Crippen molar-refractivity contribution in [3.63, 3.8) is 0 Å². The summed E-state index contributed by atoms with van der Waals surface area (Å²) in [5.41, 5.74) is -1.94. The molecule has 0 amide bonds. The first-order valence-electron chi connectivity index (χ1n) is 13.2. The summed E-state index contributed by atoms with van der Waals surface area (Å²) in [7, 11) is -9.50. The van der Waals surface area contributed by atoms with Crippen LogP contribution in [0.5, 0.6) is 0 Å². The van der Waals surface area contributed by atoms with Gasteiger partial charge in [0, 0.05) is 0 Å². The first kappa shape index (κ1) is 32.0. The molecule has 0 spiro atoms. The molecule has 1 aliphatic carbocycles. The summed E-state index contributed by atoms with van der Waals surface area (Å²) in [6.45, 7) is 14.5. The maximum atomic E-state index is 13.6. The lowest BCUT2D eigenvalue weighted by molar-refractivity contribution is -0.149. The van der Waals surface area contributed by atoms with Gasteiger partial charge in [-0.25, -0.2) is 16.8 Å². The van der Waals surface area contributed by atoms with Gasteiger partial charge in [0.25, 0.3) is 0 Å². The van der Waals surface area contributed by atoms with Crippen molar-refractivity contribution in [1.82, 2.24) is 0 Å². The Balaban J connectivity index is 1.95. The molecule has 1 aliphatic rings. The predicted molar refractivity (Wildman–Crippen MR) is 160 cm³/mol. The van der Waals surface area contributed by atoms with Gasteiger partial charge in [-0.05, 0) is 61.7 Å². The Kier molecular flexibility index (Phi) is 9.11. The third kappa shape index (κ3) is 5.91. The standard InChI is InChI=1S/C30H40O7S2Si/c1-8-30(37-40(6,7)28(2,3)4)23-29(30,27(31)36-5)22-16-15-21-26(38(32,33)24-17-11-9-12-18-24)39(34,35)25-19-13-10-14-20-25/h8-20,26H,1,21-23H2,2-7H3/b16-15+/t29-,30+/m1/s1. The molecule has 0 aromatic heterocycles. The van der Waals surface area contributed by atoms with Crippen LogP contribution in [0.2, 0.25) is 18.1 Å². The average Bonchev–Trinajstić information content (AvgIpc) is 3.55. The van der Waals surface area contributed by atoms with Crippen LogP contribution in [0.25, 0.3) is 0 Å². The van der Waals surface area contributed by atoms with Gasteiger partial charge in [0.15, 0.2) is 32.6 Å². The molecule has 3 rings (SSSR count). The van der Waals surface area contributed by atoms with Gasteiger partial charge in [0.2, 0.25) is 0 Å². The van der Waals surface area contributed by atoms with Gasteiger partial charge in [-0.2, -0.15) is 0 Å². The number of hydrogen-bond acceptors (Lipinski definition) is 7. The zero-order valence-electron chi connectivity index (χ0n) is 24.1. The van der Waals surface area contributed by atoms with Gasteiger partial charge in [0.1, 0.15) is 5.41 Å². The number of hydrogen-bond donors (Lipinski definition) is 0. The van der Waals surface area contributed by atoms with Crippen LogP contribution in [0.1, 0.15) is 40.0 Å². The molecule has 1 saturated carbocycles. The Morgan fingerprint density at radius 3 is 1.82 bits per heavy atom. The quantitative estimate of drug-likeness (QED) is 0.164. The highest BCUT2D eigenvalue weighted by atomic mass is 32.3. The fourth-order valence-corrected chi connectivity index (χ4v) is 10.6. The van der Waals surface area contributed by atoms with Gasteiger partial charge in [0.05, 0.1) is 22.5 Å². The van der Waals surface area contributed by atoms with Crippen LogP contribution in [-0.4, -0.2) is 48.4 Å². The monoisotopic (exact) mass is 604 g/mol. The van der Waals surface area contributed by atoms with E-state index >= 15 is 0 Å². The van der Waals surface area contributed by atoms with Crippen molar-refractivity contribution in [1.29, 1.82) is 0 Å². The molecule has 0 saturated heterocycles. The summed E-state index contributed by atoms with van der Waals surface area (Å²) in [5, 5.41) is -0.103. The fraction of sp³-hybridized carbons (Fsp3) is 0.433. The molecule has 218 valence electrons. The fourth-order valence-electron chi connectivity index (χ4n) is 4.66. The Morgan fingerprint density at radius 2 is 1.43 bits per heavy atom. The Hall–Kier alpha value is -2.53. The van der Waals surface area contributed by atoms with Crippen molar-refractivity contribution < 1.29 is 30.8 Å². The van der Waals surface area contributed by atoms with Gasteiger partial charge in [-0.15, -0.1) is 6.58 Å². The van der Waals surface area contributed by atoms with Crippen LogP contribution in [-0.2, 0) is 33.6 Å². The van der Waals surface area contributed by atoms with Crippen LogP contribution in [0.3, 0.4) is 0 Å². The molecule has 1 fully saturated rings. The summed E-state index contributed by atoms with van der Waals surface area (Å²) in [4.78, 5) is 12.9. The molecule has 2 atom stereocenters. The van der Waals surface area contributed by atoms with E-state index in [0.717, 1.165) is 0 Å². The largest absolute Gasteiger partial charge is 0.468 e. The van der Waals surface area contributed by atoms with Crippen molar-refractivity contribution in [2.75, 3.05) is 7.11 Å². The molecule has 0 unspecified atom stereocenters. The Bertz CT molecular complexity index is 1390. The number of methoxy groups -OCH3 is 1. The highest BCUT2D eigenvalue weighted by molar-refractivity contribution is 8.09. The molecule has 2 aromatic carbocycles. The van der Waals surface area contributed by atoms with Crippen molar-refractivity contribution >= 4 is 34.0 Å². The minimum absolute atomic E-state index is 0.0745. The Morgan fingerprint density at radius 1 is 0.950 bits per heavy atom. The summed E-state index contributed by atoms with van der Waals surface area (Å²) in [6, 6.07) is 15.1. The van der Waals surface area contributed by atoms with E-state index in [1.165, 1.54) is 37.5 Å². The van der Waals surface area contributed by atoms with E-state index in [1.807, 2.05) is 0 Å². The molecule has 0 radical (unpaired) electrons. The third-order valence-corrected chi connectivity index (χ3v) is 17.8. The average molecular weight is 605 g/mol. The zero-order valence-corrected chi connectivity index (χ0v) is 26.7. The molecule has 7 nitrogen and oxygen atoms in total. The van der Waals surface area contributed by atoms with Crippen LogP contribution < -0.4 is 0 Å². The first-order chi connectivity index (χ1) is 18.5. The van der Waals surface area contributed by atoms with E-state index in [4.69, 9.17) is 9.16 Å². The lowest BCUT2D eigenvalue weighted by Gasteiger charge is -2.40. The summed E-state index contributed by atoms with van der Waals surface area (Å²) in [6.07, 6.45) is 5.11. The SMILES string of the molecule is C=C[C@]1(O[Si](C)(C)C(C)(C)C)C[C@]1(C/C=C/CC(S(=O)(=O)c1ccccc1)S(=O)(=O)c1ccccc1)C(=O)OC. The molecular formula is C30H40O7S2Si. The molecule has 0 N–H and O–H groups in total. The minimum atomic E-state index is -4.26. The molecule has 0 heterocycles. The molecule has 40 heavy (non-hydrogen) atoms. The topological polar surface area (TPSA) is 104 Å². The van der Waals surface area contributed by atoms with Crippen molar-refractivity contribution in [3.8, 4) is 0 Å². The minimum Gasteiger partial charge on any atom is -0.468 e. The molecular weight excluding hydrogens is 565 g/mol. The zero-order chi connectivity index (χ0) is 30.0. The number of ether oxygens (including phenoxy) is 1. The smallest absolute Gasteiger partial charge is 0.315 e. The van der Waals surface area contributed by atoms with E-state index in [1.54, 1.807) is 48.6 Å². The van der Waals surface area contributed by atoms with E-state index in [2.05, 4.69) is 40.4 Å². The second kappa shape index (κ2) is 11.4. The molecule has 0 aliphatic heterocycles.